The second-order valence-corrected chi connectivity index (χ2v) is 12.7. The number of hydrogen-bond acceptors (Lipinski definition) is 4. The summed E-state index contributed by atoms with van der Waals surface area (Å²) in [5, 5.41) is -0.139. The van der Waals surface area contributed by atoms with E-state index in [1.54, 1.807) is 55.4 Å². The molecule has 0 aliphatic rings. The second-order valence-electron chi connectivity index (χ2n) is 6.99. The lowest BCUT2D eigenvalue weighted by atomic mass is 10.2. The van der Waals surface area contributed by atoms with Crippen molar-refractivity contribution in [2.45, 2.75) is 65.9 Å². The van der Waals surface area contributed by atoms with Crippen molar-refractivity contribution in [1.82, 2.24) is 0 Å². The zero-order valence-corrected chi connectivity index (χ0v) is 18.3. The average molecular weight is 383 g/mol. The number of amides is 2. The largest absolute Gasteiger partial charge is 0.272 e. The van der Waals surface area contributed by atoms with Gasteiger partial charge in [0.2, 0.25) is 0 Å². The average Bonchev–Trinajstić information content (AvgIpc) is 2.37. The molecule has 2 atom stereocenters. The lowest BCUT2D eigenvalue weighted by Gasteiger charge is -2.07. The van der Waals surface area contributed by atoms with Crippen LogP contribution in [0.5, 0.6) is 0 Å². The predicted octanol–water partition coefficient (Wildman–Crippen LogP) is 3.35. The molecule has 2 unspecified atom stereocenters. The van der Waals surface area contributed by atoms with Gasteiger partial charge in [-0.3, -0.25) is 9.59 Å². The van der Waals surface area contributed by atoms with Gasteiger partial charge in [-0.05, 0) is 0 Å². The highest BCUT2D eigenvalue weighted by atomic mass is 32.2. The van der Waals surface area contributed by atoms with Crippen molar-refractivity contribution in [3.8, 4) is 0 Å². The minimum atomic E-state index is -2.32. The molecule has 0 aromatic rings. The van der Waals surface area contributed by atoms with Crippen molar-refractivity contribution in [3.63, 3.8) is 0 Å². The molecule has 0 heterocycles. The van der Waals surface area contributed by atoms with Crippen LogP contribution in [0.4, 0.5) is 0 Å². The first-order chi connectivity index (χ1) is 10.5. The quantitative estimate of drug-likeness (QED) is 0.745. The van der Waals surface area contributed by atoms with E-state index in [4.69, 9.17) is 0 Å². The molecule has 8 heteroatoms. The minimum Gasteiger partial charge on any atom is -0.272 e. The SMILES string of the molecule is CC(C)C(=O)N=S(C)(=O)C(C)C.CC(C)C(=O)N=S(C)(=O)C(C)C. The molecule has 0 aliphatic heterocycles. The highest BCUT2D eigenvalue weighted by molar-refractivity contribution is 7.94. The van der Waals surface area contributed by atoms with E-state index in [-0.39, 0.29) is 34.2 Å². The van der Waals surface area contributed by atoms with Crippen molar-refractivity contribution in [3.05, 3.63) is 0 Å². The van der Waals surface area contributed by atoms with E-state index >= 15 is 0 Å². The molecule has 0 aromatic heterocycles. The summed E-state index contributed by atoms with van der Waals surface area (Å²) < 4.78 is 30.6. The molecule has 0 spiro atoms. The summed E-state index contributed by atoms with van der Waals surface area (Å²) in [5.41, 5.74) is 0. The molecule has 0 bridgehead atoms. The van der Waals surface area contributed by atoms with Crippen molar-refractivity contribution >= 4 is 31.3 Å². The zero-order chi connectivity index (χ0) is 19.9. The molecule has 6 nitrogen and oxygen atoms in total. The Morgan fingerprint density at radius 2 is 0.833 bits per heavy atom. The van der Waals surface area contributed by atoms with Crippen LogP contribution in [0.25, 0.3) is 0 Å². The fraction of sp³-hybridized carbons (Fsp3) is 0.875. The van der Waals surface area contributed by atoms with E-state index in [1.165, 1.54) is 12.5 Å². The third-order valence-electron chi connectivity index (χ3n) is 3.28. The summed E-state index contributed by atoms with van der Waals surface area (Å²) in [6, 6.07) is 0. The number of carbonyl (C=O) groups is 2. The van der Waals surface area contributed by atoms with Gasteiger partial charge in [-0.1, -0.05) is 55.4 Å². The van der Waals surface area contributed by atoms with E-state index in [2.05, 4.69) is 8.73 Å². The fourth-order valence-corrected chi connectivity index (χ4v) is 2.34. The Kier molecular flexibility index (Phi) is 10.9. The maximum Gasteiger partial charge on any atom is 0.256 e. The molecule has 144 valence electrons. The number of carbonyl (C=O) groups excluding carboxylic acids is 2. The topological polar surface area (TPSA) is 93.0 Å². The third kappa shape index (κ3) is 10.2. The van der Waals surface area contributed by atoms with Crippen molar-refractivity contribution < 1.29 is 18.0 Å². The van der Waals surface area contributed by atoms with Crippen LogP contribution in [0.2, 0.25) is 0 Å². The molecule has 0 aromatic carbocycles. The maximum atomic E-state index is 11.6. The fourth-order valence-electron chi connectivity index (χ4n) is 0.779. The molecule has 0 N–H and O–H groups in total. The Labute approximate surface area is 148 Å². The van der Waals surface area contributed by atoms with Crippen LogP contribution in [0.1, 0.15) is 55.4 Å². The van der Waals surface area contributed by atoms with Crippen LogP contribution in [0.3, 0.4) is 0 Å². The Morgan fingerprint density at radius 1 is 0.625 bits per heavy atom. The zero-order valence-electron chi connectivity index (χ0n) is 16.7. The Bertz CT molecular complexity index is 604. The van der Waals surface area contributed by atoms with Crippen LogP contribution in [0, 0.1) is 11.8 Å². The smallest absolute Gasteiger partial charge is 0.256 e. The monoisotopic (exact) mass is 382 g/mol. The molecular formula is C16H34N2O4S2. The molecule has 0 fully saturated rings. The van der Waals surface area contributed by atoms with Crippen molar-refractivity contribution in [1.29, 1.82) is 0 Å². The summed E-state index contributed by atoms with van der Waals surface area (Å²) >= 11 is 0. The highest BCUT2D eigenvalue weighted by Gasteiger charge is 2.13. The Balaban J connectivity index is 0. The lowest BCUT2D eigenvalue weighted by Crippen LogP contribution is -2.15. The number of rotatable bonds is 4. The van der Waals surface area contributed by atoms with Gasteiger partial charge < -0.3 is 0 Å². The van der Waals surface area contributed by atoms with Gasteiger partial charge in [-0.25, -0.2) is 8.42 Å². The van der Waals surface area contributed by atoms with E-state index in [1.807, 2.05) is 0 Å². The van der Waals surface area contributed by atoms with Gasteiger partial charge in [-0.15, -0.1) is 0 Å². The molecule has 0 rings (SSSR count). The van der Waals surface area contributed by atoms with Gasteiger partial charge in [0.05, 0.1) is 19.5 Å². The van der Waals surface area contributed by atoms with Crippen LogP contribution in [0.15, 0.2) is 8.73 Å². The van der Waals surface area contributed by atoms with Crippen LogP contribution in [-0.4, -0.2) is 43.2 Å². The van der Waals surface area contributed by atoms with Gasteiger partial charge in [0.25, 0.3) is 11.8 Å². The van der Waals surface area contributed by atoms with Crippen LogP contribution < -0.4 is 0 Å². The lowest BCUT2D eigenvalue weighted by molar-refractivity contribution is -0.121. The van der Waals surface area contributed by atoms with Crippen LogP contribution >= 0.6 is 0 Å². The Hall–Kier alpha value is -0.760. The second kappa shape index (κ2) is 10.3. The maximum absolute atomic E-state index is 11.6. The summed E-state index contributed by atoms with van der Waals surface area (Å²) in [6.45, 7) is 14.2. The first-order valence-electron chi connectivity index (χ1n) is 8.04. The van der Waals surface area contributed by atoms with Crippen molar-refractivity contribution in [2.24, 2.45) is 20.6 Å². The van der Waals surface area contributed by atoms with E-state index in [9.17, 15) is 18.0 Å². The number of nitrogens with zero attached hydrogens (tertiary/aromatic N) is 2. The summed E-state index contributed by atoms with van der Waals surface area (Å²) in [5.74, 6) is -0.860. The first-order valence-corrected chi connectivity index (χ1v) is 12.0. The van der Waals surface area contributed by atoms with Crippen molar-refractivity contribution in [2.75, 3.05) is 12.5 Å². The predicted molar refractivity (Wildman–Crippen MR) is 103 cm³/mol. The Morgan fingerprint density at radius 3 is 0.958 bits per heavy atom. The molecular weight excluding hydrogens is 348 g/mol. The normalized spacial score (nSPS) is 16.2. The van der Waals surface area contributed by atoms with E-state index in [0.717, 1.165) is 0 Å². The van der Waals surface area contributed by atoms with Crippen LogP contribution in [-0.2, 0) is 29.0 Å². The van der Waals surface area contributed by atoms with E-state index in [0.29, 0.717) is 0 Å². The van der Waals surface area contributed by atoms with Gasteiger partial charge >= 0.3 is 0 Å². The molecule has 2 amide bonds. The standard InChI is InChI=1S/2C8H17NO2S/c2*1-6(2)8(10)9-12(5,11)7(3)4/h2*6-7H,1-5H3. The minimum absolute atomic E-state index is 0.0693. The molecule has 0 aliphatic carbocycles. The summed E-state index contributed by atoms with van der Waals surface area (Å²) in [6.07, 6.45) is 3.05. The molecule has 0 saturated carbocycles. The first kappa shape index (κ1) is 25.5. The summed E-state index contributed by atoms with van der Waals surface area (Å²) in [4.78, 5) is 22.2. The highest BCUT2D eigenvalue weighted by Crippen LogP contribution is 2.06. The van der Waals surface area contributed by atoms with Gasteiger partial charge in [0, 0.05) is 34.8 Å². The van der Waals surface area contributed by atoms with Gasteiger partial charge in [0.15, 0.2) is 0 Å². The molecule has 24 heavy (non-hydrogen) atoms. The van der Waals surface area contributed by atoms with Gasteiger partial charge in [-0.2, -0.15) is 8.73 Å². The summed E-state index contributed by atoms with van der Waals surface area (Å²) in [7, 11) is -4.63. The third-order valence-corrected chi connectivity index (χ3v) is 7.86. The molecule has 0 radical (unpaired) electrons. The van der Waals surface area contributed by atoms with Gasteiger partial charge in [0.1, 0.15) is 0 Å². The van der Waals surface area contributed by atoms with E-state index < -0.39 is 19.5 Å². The number of hydrogen-bond donors (Lipinski definition) is 0. The molecule has 0 saturated heterocycles.